The molecule has 0 atom stereocenters. The standard InChI is InChI=1S/C12H15F2N3O4/c1-20-7-2-3-9(21-12(13)14)8(4-7)17-11(19)6-16-10(18)5-15/h2-4,12H,5-6,15H2,1H3,(H,16,18)(H,17,19). The van der Waals surface area contributed by atoms with Crippen LogP contribution in [0, 0.1) is 0 Å². The van der Waals surface area contributed by atoms with Crippen LogP contribution < -0.4 is 25.8 Å². The Morgan fingerprint density at radius 1 is 1.33 bits per heavy atom. The van der Waals surface area contributed by atoms with Gasteiger partial charge in [0.25, 0.3) is 0 Å². The molecule has 4 N–H and O–H groups in total. The molecule has 7 nitrogen and oxygen atoms in total. The van der Waals surface area contributed by atoms with E-state index < -0.39 is 18.4 Å². The lowest BCUT2D eigenvalue weighted by Crippen LogP contribution is -2.36. The number of nitrogens with two attached hydrogens (primary N) is 1. The second-order valence-electron chi connectivity index (χ2n) is 3.77. The minimum Gasteiger partial charge on any atom is -0.497 e. The molecule has 0 spiro atoms. The number of anilines is 1. The fraction of sp³-hybridized carbons (Fsp3) is 0.333. The normalized spacial score (nSPS) is 10.1. The highest BCUT2D eigenvalue weighted by atomic mass is 19.3. The van der Waals surface area contributed by atoms with E-state index in [-0.39, 0.29) is 24.5 Å². The number of nitrogens with one attached hydrogen (secondary N) is 2. The summed E-state index contributed by atoms with van der Waals surface area (Å²) < 4.78 is 33.8. The summed E-state index contributed by atoms with van der Waals surface area (Å²) in [5.74, 6) is -1.01. The first kappa shape index (κ1) is 16.6. The number of amides is 2. The van der Waals surface area contributed by atoms with Crippen LogP contribution in [0.15, 0.2) is 18.2 Å². The van der Waals surface area contributed by atoms with Crippen LogP contribution in [-0.4, -0.2) is 38.6 Å². The molecule has 0 radical (unpaired) electrons. The first-order valence-corrected chi connectivity index (χ1v) is 5.85. The third-order valence-electron chi connectivity index (χ3n) is 2.31. The zero-order valence-corrected chi connectivity index (χ0v) is 11.2. The molecule has 1 rings (SSSR count). The molecule has 1 aromatic carbocycles. The van der Waals surface area contributed by atoms with E-state index in [1.165, 1.54) is 25.3 Å². The lowest BCUT2D eigenvalue weighted by molar-refractivity contribution is -0.123. The van der Waals surface area contributed by atoms with Gasteiger partial charge in [0.2, 0.25) is 11.8 Å². The van der Waals surface area contributed by atoms with E-state index in [9.17, 15) is 18.4 Å². The lowest BCUT2D eigenvalue weighted by atomic mass is 10.2. The van der Waals surface area contributed by atoms with Crippen LogP contribution in [0.4, 0.5) is 14.5 Å². The summed E-state index contributed by atoms with van der Waals surface area (Å²) in [6.45, 7) is -3.64. The third-order valence-corrected chi connectivity index (χ3v) is 2.31. The molecule has 0 unspecified atom stereocenters. The van der Waals surface area contributed by atoms with Gasteiger partial charge in [-0.15, -0.1) is 0 Å². The Balaban J connectivity index is 2.78. The van der Waals surface area contributed by atoms with Gasteiger partial charge >= 0.3 is 6.61 Å². The highest BCUT2D eigenvalue weighted by Gasteiger charge is 2.13. The first-order valence-electron chi connectivity index (χ1n) is 5.85. The number of carbonyl (C=O) groups is 2. The van der Waals surface area contributed by atoms with Gasteiger partial charge in [-0.1, -0.05) is 0 Å². The molecular formula is C12H15F2N3O4. The van der Waals surface area contributed by atoms with Gasteiger partial charge in [-0.05, 0) is 12.1 Å². The van der Waals surface area contributed by atoms with E-state index >= 15 is 0 Å². The predicted molar refractivity (Wildman–Crippen MR) is 70.3 cm³/mol. The van der Waals surface area contributed by atoms with Crippen molar-refractivity contribution in [3.63, 3.8) is 0 Å². The summed E-state index contributed by atoms with van der Waals surface area (Å²) in [6, 6.07) is 3.96. The van der Waals surface area contributed by atoms with Crippen molar-refractivity contribution >= 4 is 17.5 Å². The minimum atomic E-state index is -3.04. The molecule has 0 aromatic heterocycles. The van der Waals surface area contributed by atoms with Crippen molar-refractivity contribution < 1.29 is 27.8 Å². The molecule has 0 heterocycles. The Morgan fingerprint density at radius 2 is 2.05 bits per heavy atom. The second kappa shape index (κ2) is 8.00. The van der Waals surface area contributed by atoms with Crippen LogP contribution in [0.3, 0.4) is 0 Å². The Morgan fingerprint density at radius 3 is 2.62 bits per heavy atom. The summed E-state index contributed by atoms with van der Waals surface area (Å²) in [6.07, 6.45) is 0. The number of alkyl halides is 2. The summed E-state index contributed by atoms with van der Waals surface area (Å²) in [4.78, 5) is 22.5. The van der Waals surface area contributed by atoms with E-state index in [0.717, 1.165) is 0 Å². The number of rotatable bonds is 7. The molecule has 0 aliphatic heterocycles. The summed E-state index contributed by atoms with van der Waals surface area (Å²) in [5.41, 5.74) is 5.07. The second-order valence-corrected chi connectivity index (χ2v) is 3.77. The monoisotopic (exact) mass is 303 g/mol. The number of carbonyl (C=O) groups excluding carboxylic acids is 2. The van der Waals surface area contributed by atoms with E-state index in [0.29, 0.717) is 5.75 Å². The molecule has 0 aliphatic rings. The average molecular weight is 303 g/mol. The molecule has 2 amide bonds. The Hall–Kier alpha value is -2.42. The van der Waals surface area contributed by atoms with Crippen molar-refractivity contribution in [2.45, 2.75) is 6.61 Å². The van der Waals surface area contributed by atoms with Gasteiger partial charge in [0.1, 0.15) is 11.5 Å². The van der Waals surface area contributed by atoms with Crippen LogP contribution >= 0.6 is 0 Å². The van der Waals surface area contributed by atoms with Crippen molar-refractivity contribution in [3.05, 3.63) is 18.2 Å². The molecule has 0 fully saturated rings. The summed E-state index contributed by atoms with van der Waals surface area (Å²) in [5, 5.41) is 4.58. The lowest BCUT2D eigenvalue weighted by Gasteiger charge is -2.13. The SMILES string of the molecule is COc1ccc(OC(F)F)c(NC(=O)CNC(=O)CN)c1. The summed E-state index contributed by atoms with van der Waals surface area (Å²) >= 11 is 0. The Kier molecular flexibility index (Phi) is 6.34. The fourth-order valence-electron chi connectivity index (χ4n) is 1.38. The molecule has 0 saturated heterocycles. The van der Waals surface area contributed by atoms with Crippen LogP contribution in [0.5, 0.6) is 11.5 Å². The highest BCUT2D eigenvalue weighted by Crippen LogP contribution is 2.30. The number of methoxy groups -OCH3 is 1. The van der Waals surface area contributed by atoms with E-state index in [2.05, 4.69) is 15.4 Å². The molecule has 116 valence electrons. The molecule has 9 heteroatoms. The molecule has 0 saturated carbocycles. The van der Waals surface area contributed by atoms with Crippen LogP contribution in [0.1, 0.15) is 0 Å². The number of hydrogen-bond acceptors (Lipinski definition) is 5. The van der Waals surface area contributed by atoms with Crippen LogP contribution in [0.25, 0.3) is 0 Å². The van der Waals surface area contributed by atoms with Gasteiger partial charge in [-0.3, -0.25) is 9.59 Å². The Labute approximate surface area is 119 Å². The topological polar surface area (TPSA) is 103 Å². The van der Waals surface area contributed by atoms with Gasteiger partial charge in [0, 0.05) is 6.07 Å². The third kappa shape index (κ3) is 5.61. The number of halogens is 2. The molecular weight excluding hydrogens is 288 g/mol. The van der Waals surface area contributed by atoms with Crippen molar-refractivity contribution in [1.29, 1.82) is 0 Å². The number of hydrogen-bond donors (Lipinski definition) is 3. The fourth-order valence-corrected chi connectivity index (χ4v) is 1.38. The summed E-state index contributed by atoms with van der Waals surface area (Å²) in [7, 11) is 1.38. The van der Waals surface area contributed by atoms with Crippen molar-refractivity contribution in [3.8, 4) is 11.5 Å². The number of ether oxygens (including phenoxy) is 2. The van der Waals surface area contributed by atoms with Crippen molar-refractivity contribution in [2.75, 3.05) is 25.5 Å². The zero-order chi connectivity index (χ0) is 15.8. The predicted octanol–water partition coefficient (Wildman–Crippen LogP) is 0.310. The maximum atomic E-state index is 12.3. The smallest absolute Gasteiger partial charge is 0.387 e. The van der Waals surface area contributed by atoms with E-state index in [1.807, 2.05) is 0 Å². The maximum Gasteiger partial charge on any atom is 0.387 e. The van der Waals surface area contributed by atoms with Gasteiger partial charge in [-0.25, -0.2) is 0 Å². The van der Waals surface area contributed by atoms with Crippen molar-refractivity contribution in [1.82, 2.24) is 5.32 Å². The van der Waals surface area contributed by atoms with Gasteiger partial charge < -0.3 is 25.8 Å². The van der Waals surface area contributed by atoms with E-state index in [4.69, 9.17) is 10.5 Å². The maximum absolute atomic E-state index is 12.3. The number of benzene rings is 1. The average Bonchev–Trinajstić information content (AvgIpc) is 2.46. The molecule has 1 aromatic rings. The minimum absolute atomic E-state index is 0.00153. The Bertz CT molecular complexity index is 511. The quantitative estimate of drug-likeness (QED) is 0.673. The first-order chi connectivity index (χ1) is 9.96. The van der Waals surface area contributed by atoms with Gasteiger partial charge in [0.15, 0.2) is 0 Å². The van der Waals surface area contributed by atoms with Gasteiger partial charge in [-0.2, -0.15) is 8.78 Å². The highest BCUT2D eigenvalue weighted by molar-refractivity contribution is 5.96. The van der Waals surface area contributed by atoms with E-state index in [1.54, 1.807) is 0 Å². The molecule has 21 heavy (non-hydrogen) atoms. The molecule has 0 bridgehead atoms. The van der Waals surface area contributed by atoms with Crippen LogP contribution in [-0.2, 0) is 9.59 Å². The molecule has 0 aliphatic carbocycles. The van der Waals surface area contributed by atoms with Crippen LogP contribution in [0.2, 0.25) is 0 Å². The van der Waals surface area contributed by atoms with Gasteiger partial charge in [0.05, 0.1) is 25.9 Å². The zero-order valence-electron chi connectivity index (χ0n) is 11.2. The van der Waals surface area contributed by atoms with Crippen molar-refractivity contribution in [2.24, 2.45) is 5.73 Å². The largest absolute Gasteiger partial charge is 0.497 e.